The van der Waals surface area contributed by atoms with Crippen LogP contribution in [0.3, 0.4) is 0 Å². The zero-order valence-electron chi connectivity index (χ0n) is 9.78. The van der Waals surface area contributed by atoms with E-state index in [1.165, 1.54) is 7.11 Å². The van der Waals surface area contributed by atoms with Gasteiger partial charge in [-0.15, -0.1) is 0 Å². The Bertz CT molecular complexity index is 255. The fourth-order valence-corrected chi connectivity index (χ4v) is 1.72. The molecule has 1 rings (SSSR count). The van der Waals surface area contributed by atoms with E-state index in [4.69, 9.17) is 19.3 Å². The Morgan fingerprint density at radius 3 is 2.53 bits per heavy atom. The van der Waals surface area contributed by atoms with Crippen LogP contribution in [0.15, 0.2) is 0 Å². The van der Waals surface area contributed by atoms with Crippen LogP contribution in [-0.2, 0) is 19.0 Å². The van der Waals surface area contributed by atoms with Gasteiger partial charge in [-0.25, -0.2) is 4.79 Å². The number of aliphatic hydroxyl groups excluding tert-OH is 2. The van der Waals surface area contributed by atoms with Crippen LogP contribution in [0, 0.1) is 5.92 Å². The van der Waals surface area contributed by atoms with Crippen LogP contribution in [0.4, 0.5) is 0 Å². The molecule has 1 heterocycles. The van der Waals surface area contributed by atoms with E-state index in [2.05, 4.69) is 0 Å². The molecule has 0 aromatic rings. The molecule has 1 aliphatic heterocycles. The molecule has 3 N–H and O–H groups in total. The van der Waals surface area contributed by atoms with E-state index in [1.807, 2.05) is 0 Å². The number of aliphatic carboxylic acids is 1. The summed E-state index contributed by atoms with van der Waals surface area (Å²) in [4.78, 5) is 10.3. The molecule has 0 aliphatic carbocycles. The van der Waals surface area contributed by atoms with Crippen LogP contribution < -0.4 is 0 Å². The van der Waals surface area contributed by atoms with E-state index >= 15 is 0 Å². The van der Waals surface area contributed by atoms with Gasteiger partial charge in [0.05, 0.1) is 18.8 Å². The highest BCUT2D eigenvalue weighted by Gasteiger charge is 2.42. The fraction of sp³-hybridized carbons (Fsp3) is 0.900. The number of rotatable bonds is 5. The first kappa shape index (κ1) is 14.3. The van der Waals surface area contributed by atoms with Gasteiger partial charge >= 0.3 is 5.97 Å². The number of carbonyl (C=O) groups is 1. The maximum atomic E-state index is 10.3. The van der Waals surface area contributed by atoms with Gasteiger partial charge in [0.1, 0.15) is 12.7 Å². The molecule has 0 aromatic carbocycles. The molecule has 7 nitrogen and oxygen atoms in total. The van der Waals surface area contributed by atoms with E-state index in [9.17, 15) is 15.0 Å². The molecule has 1 saturated heterocycles. The lowest BCUT2D eigenvalue weighted by Crippen LogP contribution is -2.55. The second-order valence-corrected chi connectivity index (χ2v) is 4.03. The van der Waals surface area contributed by atoms with Crippen molar-refractivity contribution in [2.24, 2.45) is 5.92 Å². The number of aliphatic hydroxyl groups is 2. The second kappa shape index (κ2) is 6.27. The summed E-state index contributed by atoms with van der Waals surface area (Å²) in [5, 5.41) is 27.8. The lowest BCUT2D eigenvalue weighted by atomic mass is 9.91. The van der Waals surface area contributed by atoms with Gasteiger partial charge in [0.15, 0.2) is 6.29 Å². The van der Waals surface area contributed by atoms with Gasteiger partial charge < -0.3 is 29.5 Å². The second-order valence-electron chi connectivity index (χ2n) is 4.03. The molecule has 7 heteroatoms. The smallest absolute Gasteiger partial charge is 0.329 e. The van der Waals surface area contributed by atoms with E-state index in [0.29, 0.717) is 0 Å². The Labute approximate surface area is 98.9 Å². The van der Waals surface area contributed by atoms with E-state index in [0.717, 1.165) is 0 Å². The zero-order valence-corrected chi connectivity index (χ0v) is 9.78. The summed E-state index contributed by atoms with van der Waals surface area (Å²) in [5.41, 5.74) is 0. The Balaban J connectivity index is 2.50. The van der Waals surface area contributed by atoms with Crippen molar-refractivity contribution in [2.75, 3.05) is 20.3 Å². The Morgan fingerprint density at radius 2 is 2.00 bits per heavy atom. The summed E-state index contributed by atoms with van der Waals surface area (Å²) in [6.07, 6.45) is -3.56. The first-order valence-corrected chi connectivity index (χ1v) is 5.31. The van der Waals surface area contributed by atoms with E-state index < -0.39 is 37.2 Å². The third kappa shape index (κ3) is 3.62. The lowest BCUT2D eigenvalue weighted by Gasteiger charge is -2.40. The summed E-state index contributed by atoms with van der Waals surface area (Å²) < 4.78 is 15.1. The van der Waals surface area contributed by atoms with Gasteiger partial charge in [-0.3, -0.25) is 0 Å². The maximum Gasteiger partial charge on any atom is 0.329 e. The van der Waals surface area contributed by atoms with Crippen molar-refractivity contribution in [3.05, 3.63) is 0 Å². The largest absolute Gasteiger partial charge is 0.480 e. The molecule has 1 aliphatic rings. The van der Waals surface area contributed by atoms with Crippen LogP contribution in [0.1, 0.15) is 6.92 Å². The van der Waals surface area contributed by atoms with Crippen molar-refractivity contribution >= 4 is 5.97 Å². The highest BCUT2D eigenvalue weighted by atomic mass is 16.7. The van der Waals surface area contributed by atoms with Crippen LogP contribution in [0.25, 0.3) is 0 Å². The monoisotopic (exact) mass is 250 g/mol. The molecule has 1 fully saturated rings. The van der Waals surface area contributed by atoms with Crippen LogP contribution >= 0.6 is 0 Å². The molecule has 2 unspecified atom stereocenters. The molecule has 5 atom stereocenters. The minimum atomic E-state index is -1.12. The summed E-state index contributed by atoms with van der Waals surface area (Å²) in [7, 11) is 1.35. The molecular weight excluding hydrogens is 232 g/mol. The summed E-state index contributed by atoms with van der Waals surface area (Å²) in [5.74, 6) is -1.44. The van der Waals surface area contributed by atoms with E-state index in [1.54, 1.807) is 6.92 Å². The molecule has 0 bridgehead atoms. The normalized spacial score (nSPS) is 38.0. The van der Waals surface area contributed by atoms with Gasteiger partial charge in [0.25, 0.3) is 0 Å². The third-order valence-corrected chi connectivity index (χ3v) is 2.80. The Kier molecular flexibility index (Phi) is 5.29. The fourth-order valence-electron chi connectivity index (χ4n) is 1.72. The molecular formula is C10H18O7. The number of hydrogen-bond donors (Lipinski definition) is 3. The lowest BCUT2D eigenvalue weighted by molar-refractivity contribution is -0.282. The van der Waals surface area contributed by atoms with Crippen molar-refractivity contribution in [1.29, 1.82) is 0 Å². The quantitative estimate of drug-likeness (QED) is 0.563. The third-order valence-electron chi connectivity index (χ3n) is 2.80. The van der Waals surface area contributed by atoms with Crippen molar-refractivity contribution in [1.82, 2.24) is 0 Å². The van der Waals surface area contributed by atoms with Gasteiger partial charge in [-0.05, 0) is 0 Å². The minimum absolute atomic E-state index is 0.0249. The minimum Gasteiger partial charge on any atom is -0.480 e. The number of carboxylic acids is 1. The van der Waals surface area contributed by atoms with Gasteiger partial charge in [-0.1, -0.05) is 6.92 Å². The average Bonchev–Trinajstić information content (AvgIpc) is 2.29. The van der Waals surface area contributed by atoms with Crippen LogP contribution in [0.5, 0.6) is 0 Å². The molecule has 17 heavy (non-hydrogen) atoms. The summed E-state index contributed by atoms with van der Waals surface area (Å²) >= 11 is 0. The molecule has 0 amide bonds. The SMILES string of the molecule is CO[C@@H]1OC(COCC(=O)O)[C@@H](C)[C@H](O)C1O. The van der Waals surface area contributed by atoms with Crippen molar-refractivity contribution < 1.29 is 34.3 Å². The summed E-state index contributed by atoms with van der Waals surface area (Å²) in [6, 6.07) is 0. The molecule has 100 valence electrons. The molecule has 0 saturated carbocycles. The zero-order chi connectivity index (χ0) is 13.0. The van der Waals surface area contributed by atoms with Gasteiger partial charge in [0.2, 0.25) is 0 Å². The van der Waals surface area contributed by atoms with Crippen molar-refractivity contribution in [2.45, 2.75) is 31.5 Å². The number of hydrogen-bond acceptors (Lipinski definition) is 6. The standard InChI is InChI=1S/C10H18O7/c1-5-6(3-16-4-7(11)12)17-10(15-2)9(14)8(5)13/h5-6,8-10,13-14H,3-4H2,1-2H3,(H,11,12)/t5-,6?,8+,9?,10-/m1/s1. The predicted molar refractivity (Wildman–Crippen MR) is 55.3 cm³/mol. The highest BCUT2D eigenvalue weighted by molar-refractivity contribution is 5.67. The Hall–Kier alpha value is -0.730. The number of methoxy groups -OCH3 is 1. The first-order chi connectivity index (χ1) is 7.97. The Morgan fingerprint density at radius 1 is 1.35 bits per heavy atom. The topological polar surface area (TPSA) is 105 Å². The predicted octanol–water partition coefficient (Wildman–Crippen LogP) is -1.18. The van der Waals surface area contributed by atoms with Crippen molar-refractivity contribution in [3.8, 4) is 0 Å². The van der Waals surface area contributed by atoms with E-state index in [-0.39, 0.29) is 12.5 Å². The maximum absolute atomic E-state index is 10.3. The van der Waals surface area contributed by atoms with Gasteiger partial charge in [0, 0.05) is 13.0 Å². The van der Waals surface area contributed by atoms with Gasteiger partial charge in [-0.2, -0.15) is 0 Å². The average molecular weight is 250 g/mol. The summed E-state index contributed by atoms with van der Waals surface area (Å²) in [6.45, 7) is 1.29. The van der Waals surface area contributed by atoms with Crippen molar-refractivity contribution in [3.63, 3.8) is 0 Å². The van der Waals surface area contributed by atoms with Crippen LogP contribution in [0.2, 0.25) is 0 Å². The first-order valence-electron chi connectivity index (χ1n) is 5.31. The number of ether oxygens (including phenoxy) is 3. The number of carboxylic acid groups (broad SMARTS) is 1. The van der Waals surface area contributed by atoms with Crippen LogP contribution in [-0.4, -0.2) is 66.2 Å². The molecule has 0 aromatic heterocycles. The highest BCUT2D eigenvalue weighted by Crippen LogP contribution is 2.26. The molecule has 0 radical (unpaired) electrons. The molecule has 0 spiro atoms.